The van der Waals surface area contributed by atoms with Crippen molar-refractivity contribution in [3.05, 3.63) is 22.5 Å². The standard InChI is InChI=1S/C13H17N3O3S.C2H6/c1-4-19-6-5-10-8(2)15-12(20-10)9-7-14-16-11(9)13(17)18-3;1-2/h7H,4-6H2,1-3H3,(H,14,16);1-2H3. The van der Waals surface area contributed by atoms with Crippen LogP contribution in [-0.4, -0.2) is 41.5 Å². The van der Waals surface area contributed by atoms with Crippen LogP contribution in [0.25, 0.3) is 10.6 Å². The van der Waals surface area contributed by atoms with Crippen LogP contribution in [0.1, 0.15) is 41.8 Å². The lowest BCUT2D eigenvalue weighted by Crippen LogP contribution is -2.03. The minimum absolute atomic E-state index is 0.331. The Morgan fingerprint density at radius 2 is 2.14 bits per heavy atom. The summed E-state index contributed by atoms with van der Waals surface area (Å²) >= 11 is 1.55. The smallest absolute Gasteiger partial charge is 0.356 e. The molecule has 2 rings (SSSR count). The van der Waals surface area contributed by atoms with Crippen molar-refractivity contribution in [3.63, 3.8) is 0 Å². The van der Waals surface area contributed by atoms with Gasteiger partial charge in [0, 0.05) is 17.9 Å². The zero-order valence-corrected chi connectivity index (χ0v) is 14.5. The first kappa shape index (κ1) is 18.3. The van der Waals surface area contributed by atoms with E-state index in [1.54, 1.807) is 17.5 Å². The van der Waals surface area contributed by atoms with E-state index in [-0.39, 0.29) is 0 Å². The predicted molar refractivity (Wildman–Crippen MR) is 87.3 cm³/mol. The number of H-pyrrole nitrogens is 1. The van der Waals surface area contributed by atoms with Crippen molar-refractivity contribution in [3.8, 4) is 10.6 Å². The Morgan fingerprint density at radius 3 is 2.77 bits per heavy atom. The SMILES string of the molecule is CC.CCOCCc1sc(-c2cn[nH]c2C(=O)OC)nc1C. The van der Waals surface area contributed by atoms with Crippen LogP contribution < -0.4 is 0 Å². The van der Waals surface area contributed by atoms with Crippen LogP contribution in [-0.2, 0) is 15.9 Å². The third-order valence-corrected chi connectivity index (χ3v) is 4.08. The van der Waals surface area contributed by atoms with Gasteiger partial charge in [-0.15, -0.1) is 11.3 Å². The molecule has 0 radical (unpaired) electrons. The Kier molecular flexibility index (Phi) is 7.76. The lowest BCUT2D eigenvalue weighted by molar-refractivity contribution is 0.0595. The highest BCUT2D eigenvalue weighted by Gasteiger charge is 2.19. The molecule has 0 amide bonds. The number of hydrogen-bond acceptors (Lipinski definition) is 6. The second-order valence-corrected chi connectivity index (χ2v) is 5.21. The molecular formula is C15H23N3O3S. The van der Waals surface area contributed by atoms with Crippen molar-refractivity contribution < 1.29 is 14.3 Å². The first-order valence-corrected chi connectivity index (χ1v) is 8.15. The summed E-state index contributed by atoms with van der Waals surface area (Å²) in [5.74, 6) is -0.443. The third-order valence-electron chi connectivity index (χ3n) is 2.83. The Bertz CT molecular complexity index is 593. The average molecular weight is 325 g/mol. The maximum atomic E-state index is 11.6. The van der Waals surface area contributed by atoms with Crippen molar-refractivity contribution in [1.29, 1.82) is 0 Å². The van der Waals surface area contributed by atoms with Crippen LogP contribution in [0.2, 0.25) is 0 Å². The van der Waals surface area contributed by atoms with Crippen molar-refractivity contribution in [1.82, 2.24) is 15.2 Å². The minimum atomic E-state index is -0.443. The van der Waals surface area contributed by atoms with Crippen LogP contribution in [0.4, 0.5) is 0 Å². The van der Waals surface area contributed by atoms with Crippen molar-refractivity contribution in [2.75, 3.05) is 20.3 Å². The highest BCUT2D eigenvalue weighted by atomic mass is 32.1. The van der Waals surface area contributed by atoms with Gasteiger partial charge in [-0.1, -0.05) is 13.8 Å². The van der Waals surface area contributed by atoms with E-state index in [1.165, 1.54) is 7.11 Å². The van der Waals surface area contributed by atoms with E-state index >= 15 is 0 Å². The zero-order valence-electron chi connectivity index (χ0n) is 13.7. The highest BCUT2D eigenvalue weighted by molar-refractivity contribution is 7.15. The molecule has 0 saturated heterocycles. The lowest BCUT2D eigenvalue weighted by Gasteiger charge is -1.98. The monoisotopic (exact) mass is 325 g/mol. The number of methoxy groups -OCH3 is 1. The number of carbonyl (C=O) groups excluding carboxylic acids is 1. The Hall–Kier alpha value is -1.73. The number of thiazole rings is 1. The summed E-state index contributed by atoms with van der Waals surface area (Å²) in [6, 6.07) is 0. The van der Waals surface area contributed by atoms with Gasteiger partial charge in [0.2, 0.25) is 0 Å². The Balaban J connectivity index is 0.00000116. The fourth-order valence-electron chi connectivity index (χ4n) is 1.79. The zero-order chi connectivity index (χ0) is 16.5. The summed E-state index contributed by atoms with van der Waals surface area (Å²) in [5.41, 5.74) is 1.96. The third kappa shape index (κ3) is 4.38. The largest absolute Gasteiger partial charge is 0.464 e. The molecular weight excluding hydrogens is 302 g/mol. The molecule has 0 aliphatic heterocycles. The van der Waals surface area contributed by atoms with E-state index in [9.17, 15) is 4.79 Å². The molecule has 7 heteroatoms. The molecule has 2 aromatic rings. The fraction of sp³-hybridized carbons (Fsp3) is 0.533. The van der Waals surface area contributed by atoms with E-state index in [0.29, 0.717) is 24.5 Å². The molecule has 0 saturated carbocycles. The molecule has 122 valence electrons. The van der Waals surface area contributed by atoms with Crippen molar-refractivity contribution in [2.45, 2.75) is 34.1 Å². The number of aromatic nitrogens is 3. The maximum absolute atomic E-state index is 11.6. The van der Waals surface area contributed by atoms with Crippen molar-refractivity contribution >= 4 is 17.3 Å². The number of ether oxygens (including phenoxy) is 2. The van der Waals surface area contributed by atoms with Gasteiger partial charge in [-0.2, -0.15) is 5.10 Å². The molecule has 22 heavy (non-hydrogen) atoms. The van der Waals surface area contributed by atoms with Gasteiger partial charge in [0.05, 0.1) is 31.2 Å². The second-order valence-electron chi connectivity index (χ2n) is 4.12. The van der Waals surface area contributed by atoms with Crippen LogP contribution in [0.3, 0.4) is 0 Å². The number of esters is 1. The number of nitrogens with zero attached hydrogens (tertiary/aromatic N) is 2. The molecule has 6 nitrogen and oxygen atoms in total. The van der Waals surface area contributed by atoms with E-state index in [0.717, 1.165) is 22.0 Å². The first-order valence-electron chi connectivity index (χ1n) is 7.33. The molecule has 0 fully saturated rings. The summed E-state index contributed by atoms with van der Waals surface area (Å²) in [7, 11) is 1.34. The van der Waals surface area contributed by atoms with Crippen LogP contribution in [0.5, 0.6) is 0 Å². The summed E-state index contributed by atoms with van der Waals surface area (Å²) in [6.45, 7) is 9.31. The molecule has 0 unspecified atom stereocenters. The summed E-state index contributed by atoms with van der Waals surface area (Å²) < 4.78 is 10.1. The van der Waals surface area contributed by atoms with Gasteiger partial charge < -0.3 is 9.47 Å². The van der Waals surface area contributed by atoms with E-state index in [4.69, 9.17) is 9.47 Å². The van der Waals surface area contributed by atoms with Gasteiger partial charge in [-0.3, -0.25) is 5.10 Å². The molecule has 0 spiro atoms. The number of aromatic amines is 1. The number of rotatable bonds is 6. The molecule has 0 bridgehead atoms. The molecule has 0 atom stereocenters. The van der Waals surface area contributed by atoms with Crippen molar-refractivity contribution in [2.24, 2.45) is 0 Å². The minimum Gasteiger partial charge on any atom is -0.464 e. The van der Waals surface area contributed by atoms with Gasteiger partial charge in [0.15, 0.2) is 5.69 Å². The molecule has 0 aliphatic carbocycles. The molecule has 0 aliphatic rings. The topological polar surface area (TPSA) is 77.1 Å². The first-order chi connectivity index (χ1) is 10.7. The van der Waals surface area contributed by atoms with Gasteiger partial charge in [-0.25, -0.2) is 9.78 Å². The summed E-state index contributed by atoms with van der Waals surface area (Å²) in [4.78, 5) is 17.3. The lowest BCUT2D eigenvalue weighted by atomic mass is 10.2. The van der Waals surface area contributed by atoms with Gasteiger partial charge in [0.1, 0.15) is 5.01 Å². The van der Waals surface area contributed by atoms with Crippen LogP contribution in [0.15, 0.2) is 6.20 Å². The fourth-order valence-corrected chi connectivity index (χ4v) is 2.85. The van der Waals surface area contributed by atoms with Crippen LogP contribution in [0, 0.1) is 6.92 Å². The predicted octanol–water partition coefficient (Wildman–Crippen LogP) is 3.23. The quantitative estimate of drug-likeness (QED) is 0.652. The number of nitrogens with one attached hydrogen (secondary N) is 1. The Labute approximate surface area is 134 Å². The number of carbonyl (C=O) groups is 1. The summed E-state index contributed by atoms with van der Waals surface area (Å²) in [5, 5.41) is 7.32. The van der Waals surface area contributed by atoms with E-state index in [1.807, 2.05) is 27.7 Å². The molecule has 2 aromatic heterocycles. The van der Waals surface area contributed by atoms with Crippen LogP contribution >= 0.6 is 11.3 Å². The van der Waals surface area contributed by atoms with E-state index in [2.05, 4.69) is 15.2 Å². The molecule has 1 N–H and O–H groups in total. The molecule has 0 aromatic carbocycles. The maximum Gasteiger partial charge on any atom is 0.356 e. The summed E-state index contributed by atoms with van der Waals surface area (Å²) in [6.07, 6.45) is 2.42. The number of aryl methyl sites for hydroxylation is 1. The Morgan fingerprint density at radius 1 is 1.41 bits per heavy atom. The average Bonchev–Trinajstić information content (AvgIpc) is 3.16. The van der Waals surface area contributed by atoms with E-state index < -0.39 is 5.97 Å². The highest BCUT2D eigenvalue weighted by Crippen LogP contribution is 2.30. The van der Waals surface area contributed by atoms with Gasteiger partial charge in [0.25, 0.3) is 0 Å². The second kappa shape index (κ2) is 9.32. The number of hydrogen-bond donors (Lipinski definition) is 1. The van der Waals surface area contributed by atoms with Gasteiger partial charge in [-0.05, 0) is 13.8 Å². The normalized spacial score (nSPS) is 10.0. The molecule has 2 heterocycles. The van der Waals surface area contributed by atoms with Gasteiger partial charge >= 0.3 is 5.97 Å².